The molecule has 26 heavy (non-hydrogen) atoms. The quantitative estimate of drug-likeness (QED) is 0.698. The number of aliphatic hydroxyl groups is 1. The number of para-hydroxylation sites is 2. The van der Waals surface area contributed by atoms with Crippen LogP contribution in [0.2, 0.25) is 0 Å². The van der Waals surface area contributed by atoms with Crippen molar-refractivity contribution in [3.05, 3.63) is 70.6 Å². The Kier molecular flexibility index (Phi) is 5.65. The van der Waals surface area contributed by atoms with Crippen LogP contribution >= 0.6 is 0 Å². The van der Waals surface area contributed by atoms with Crippen LogP contribution in [0.5, 0.6) is 11.5 Å². The number of phenols is 1. The van der Waals surface area contributed by atoms with Gasteiger partial charge in [0, 0.05) is 12.6 Å². The lowest BCUT2D eigenvalue weighted by Crippen LogP contribution is -2.35. The van der Waals surface area contributed by atoms with Gasteiger partial charge < -0.3 is 20.3 Å². The number of benzene rings is 2. The van der Waals surface area contributed by atoms with E-state index in [1.54, 1.807) is 12.1 Å². The zero-order valence-electron chi connectivity index (χ0n) is 14.9. The van der Waals surface area contributed by atoms with Gasteiger partial charge in [-0.2, -0.15) is 0 Å². The number of nitrogens with one attached hydrogen (secondary N) is 1. The molecule has 2 aromatic carbocycles. The predicted molar refractivity (Wildman–Crippen MR) is 98.6 cm³/mol. The van der Waals surface area contributed by atoms with Crippen molar-refractivity contribution >= 4 is 0 Å². The van der Waals surface area contributed by atoms with Gasteiger partial charge in [0.1, 0.15) is 29.6 Å². The third-order valence-corrected chi connectivity index (χ3v) is 4.05. The van der Waals surface area contributed by atoms with Crippen molar-refractivity contribution in [2.75, 3.05) is 13.2 Å². The largest absolute Gasteiger partial charge is 0.506 e. The molecule has 1 aliphatic heterocycles. The molecule has 0 radical (unpaired) electrons. The Hall–Kier alpha value is -2.70. The molecule has 3 N–H and O–H groups in total. The number of aliphatic hydroxyl groups excluding tert-OH is 1. The number of hydrogen-bond acceptors (Lipinski definition) is 6. The first-order valence-corrected chi connectivity index (χ1v) is 8.60. The molecule has 0 amide bonds. The van der Waals surface area contributed by atoms with E-state index in [4.69, 9.17) is 4.74 Å². The number of aromatic hydroxyl groups is 1. The third kappa shape index (κ3) is 4.47. The molecule has 2 atom stereocenters. The summed E-state index contributed by atoms with van der Waals surface area (Å²) >= 11 is 0. The monoisotopic (exact) mass is 353 g/mol. The molecule has 0 aromatic heterocycles. The highest BCUT2D eigenvalue weighted by molar-refractivity contribution is 5.31. The minimum absolute atomic E-state index is 0.0398. The molecule has 1 heterocycles. The van der Waals surface area contributed by atoms with Crippen LogP contribution in [0, 0.1) is 6.92 Å². The number of phenolic OH excluding ortho intramolecular Hbond substituents is 1. The van der Waals surface area contributed by atoms with Gasteiger partial charge in [-0.1, -0.05) is 24.3 Å². The number of hydrogen-bond donors (Lipinski definition) is 3. The smallest absolute Gasteiger partial charge is 0.151 e. The fourth-order valence-electron chi connectivity index (χ4n) is 2.63. The van der Waals surface area contributed by atoms with Gasteiger partial charge in [0.25, 0.3) is 0 Å². The van der Waals surface area contributed by atoms with Crippen LogP contribution in [0.3, 0.4) is 0 Å². The molecule has 0 bridgehead atoms. The summed E-state index contributed by atoms with van der Waals surface area (Å²) in [5.41, 5.74) is 1.04. The molecule has 0 fully saturated rings. The molecule has 6 heteroatoms. The predicted octanol–water partition coefficient (Wildman–Crippen LogP) is 1.21. The van der Waals surface area contributed by atoms with Crippen molar-refractivity contribution in [3.8, 4) is 11.5 Å². The van der Waals surface area contributed by atoms with Crippen LogP contribution < -0.4 is 20.8 Å². The van der Waals surface area contributed by atoms with Gasteiger partial charge in [0.2, 0.25) is 0 Å². The van der Waals surface area contributed by atoms with Gasteiger partial charge in [-0.3, -0.25) is 0 Å². The maximum absolute atomic E-state index is 10.1. The van der Waals surface area contributed by atoms with E-state index >= 15 is 0 Å². The maximum atomic E-state index is 10.1. The molecule has 3 rings (SSSR count). The Morgan fingerprint density at radius 2 is 1.96 bits per heavy atom. The fourth-order valence-corrected chi connectivity index (χ4v) is 2.63. The lowest BCUT2D eigenvalue weighted by atomic mass is 10.2. The van der Waals surface area contributed by atoms with Crippen LogP contribution in [0.4, 0.5) is 0 Å². The van der Waals surface area contributed by atoms with Crippen molar-refractivity contribution in [1.82, 2.24) is 5.32 Å². The van der Waals surface area contributed by atoms with Crippen molar-refractivity contribution in [2.45, 2.75) is 26.0 Å². The molecular formula is C20H23N3O3. The number of fused-ring (bicyclic) bond motifs is 1. The minimum Gasteiger partial charge on any atom is -0.506 e. The van der Waals surface area contributed by atoms with Crippen LogP contribution in [-0.4, -0.2) is 35.5 Å². The van der Waals surface area contributed by atoms with E-state index in [2.05, 4.69) is 15.3 Å². The van der Waals surface area contributed by atoms with Crippen LogP contribution in [-0.2, 0) is 0 Å². The van der Waals surface area contributed by atoms with Crippen molar-refractivity contribution < 1.29 is 14.9 Å². The highest BCUT2D eigenvalue weighted by Crippen LogP contribution is 2.16. The second-order valence-corrected chi connectivity index (χ2v) is 6.32. The Balaban J connectivity index is 1.51. The number of rotatable bonds is 7. The summed E-state index contributed by atoms with van der Waals surface area (Å²) < 4.78 is 5.65. The highest BCUT2D eigenvalue weighted by Gasteiger charge is 2.10. The topological polar surface area (TPSA) is 86.4 Å². The van der Waals surface area contributed by atoms with Crippen molar-refractivity contribution in [2.24, 2.45) is 9.98 Å². The lowest BCUT2D eigenvalue weighted by molar-refractivity contribution is 0.105. The standard InChI is InChI=1S/C20H23N3O3/c1-13-6-3-4-9-18(13)26-12-15(24)11-21-14(2)10-19-22-16-7-5-8-17(25)20(16)23-19/h3-10,14-15,21,24-25H,11-12H2,1-2H3. The highest BCUT2D eigenvalue weighted by atomic mass is 16.5. The van der Waals surface area contributed by atoms with Crippen LogP contribution in [0.25, 0.3) is 0 Å². The molecule has 0 saturated heterocycles. The lowest BCUT2D eigenvalue weighted by Gasteiger charge is -2.16. The molecule has 2 aromatic rings. The molecule has 136 valence electrons. The van der Waals surface area contributed by atoms with E-state index in [-0.39, 0.29) is 18.4 Å². The Morgan fingerprint density at radius 3 is 2.73 bits per heavy atom. The van der Waals surface area contributed by atoms with Crippen molar-refractivity contribution in [1.29, 1.82) is 0 Å². The Labute approximate surface area is 152 Å². The molecule has 0 spiro atoms. The summed E-state index contributed by atoms with van der Waals surface area (Å²) in [4.78, 5) is 8.69. The van der Waals surface area contributed by atoms with Crippen LogP contribution in [0.1, 0.15) is 12.5 Å². The molecule has 2 unspecified atom stereocenters. The van der Waals surface area contributed by atoms with E-state index in [1.165, 1.54) is 0 Å². The summed E-state index contributed by atoms with van der Waals surface area (Å²) in [6, 6.07) is 12.8. The second kappa shape index (κ2) is 8.12. The second-order valence-electron chi connectivity index (χ2n) is 6.32. The normalized spacial score (nSPS) is 16.5. The average Bonchev–Trinajstić information content (AvgIpc) is 3.03. The summed E-state index contributed by atoms with van der Waals surface area (Å²) in [6.07, 6.45) is 1.23. The maximum Gasteiger partial charge on any atom is 0.151 e. The SMILES string of the molecule is Cc1ccccc1OCC(O)CNC(C)C=C1N=c2cccc(O)c2=N1. The Bertz CT molecular complexity index is 924. The third-order valence-electron chi connectivity index (χ3n) is 4.05. The van der Waals surface area contributed by atoms with Gasteiger partial charge in [-0.25, -0.2) is 9.98 Å². The summed E-state index contributed by atoms with van der Waals surface area (Å²) in [7, 11) is 0. The summed E-state index contributed by atoms with van der Waals surface area (Å²) in [5.74, 6) is 1.45. The first-order chi connectivity index (χ1) is 12.5. The zero-order valence-corrected chi connectivity index (χ0v) is 14.9. The number of aryl methyl sites for hydroxylation is 1. The molecule has 1 aliphatic rings. The summed E-state index contributed by atoms with van der Waals surface area (Å²) in [5, 5.41) is 24.3. The van der Waals surface area contributed by atoms with E-state index in [1.807, 2.05) is 50.3 Å². The van der Waals surface area contributed by atoms with Gasteiger partial charge >= 0.3 is 0 Å². The molecule has 0 aliphatic carbocycles. The molecule has 6 nitrogen and oxygen atoms in total. The number of ether oxygens (including phenoxy) is 1. The van der Waals surface area contributed by atoms with Gasteiger partial charge in [-0.15, -0.1) is 0 Å². The van der Waals surface area contributed by atoms with E-state index < -0.39 is 6.10 Å². The number of nitrogens with zero attached hydrogens (tertiary/aromatic N) is 2. The first-order valence-electron chi connectivity index (χ1n) is 8.60. The minimum atomic E-state index is -0.630. The fraction of sp³-hybridized carbons (Fsp3) is 0.300. The van der Waals surface area contributed by atoms with Gasteiger partial charge in [-0.05, 0) is 43.7 Å². The zero-order chi connectivity index (χ0) is 18.5. The molecule has 0 saturated carbocycles. The van der Waals surface area contributed by atoms with E-state index in [9.17, 15) is 10.2 Å². The van der Waals surface area contributed by atoms with Crippen LogP contribution in [0.15, 0.2) is 64.3 Å². The first kappa shape index (κ1) is 18.1. The average molecular weight is 353 g/mol. The van der Waals surface area contributed by atoms with Gasteiger partial charge in [0.05, 0.1) is 5.36 Å². The van der Waals surface area contributed by atoms with Crippen molar-refractivity contribution in [3.63, 3.8) is 0 Å². The van der Waals surface area contributed by atoms with E-state index in [0.29, 0.717) is 23.1 Å². The van der Waals surface area contributed by atoms with E-state index in [0.717, 1.165) is 11.3 Å². The molecular weight excluding hydrogens is 330 g/mol. The van der Waals surface area contributed by atoms with Gasteiger partial charge in [0.15, 0.2) is 5.82 Å². The Morgan fingerprint density at radius 1 is 1.15 bits per heavy atom. The summed E-state index contributed by atoms with van der Waals surface area (Å²) in [6.45, 7) is 4.53.